The Morgan fingerprint density at radius 3 is 2.15 bits per heavy atom. The molecule has 178 valence electrons. The maximum Gasteiger partial charge on any atom is 0.322 e. The van der Waals surface area contributed by atoms with E-state index in [0.29, 0.717) is 56.3 Å². The van der Waals surface area contributed by atoms with E-state index >= 15 is 0 Å². The summed E-state index contributed by atoms with van der Waals surface area (Å²) in [6.07, 6.45) is 4.56. The molecule has 0 unspecified atom stereocenters. The summed E-state index contributed by atoms with van der Waals surface area (Å²) in [5.41, 5.74) is 0.645. The van der Waals surface area contributed by atoms with Crippen LogP contribution in [0.5, 0.6) is 0 Å². The molecule has 8 nitrogen and oxygen atoms in total. The van der Waals surface area contributed by atoms with Crippen molar-refractivity contribution in [1.82, 2.24) is 14.1 Å². The number of urea groups is 1. The number of rotatable bonds is 4. The van der Waals surface area contributed by atoms with Gasteiger partial charge in [-0.3, -0.25) is 10.1 Å². The normalized spacial score (nSPS) is 18.4. The van der Waals surface area contributed by atoms with Crippen LogP contribution in [0.3, 0.4) is 0 Å². The molecule has 2 fully saturated rings. The Morgan fingerprint density at radius 2 is 1.42 bits per heavy atom. The average Bonchev–Trinajstić information content (AvgIpc) is 3.02. The number of carbonyl (C=O) groups excluding carboxylic acids is 2. The Labute approximate surface area is 199 Å². The molecule has 2 aliphatic heterocycles. The van der Waals surface area contributed by atoms with E-state index in [1.165, 1.54) is 0 Å². The molecule has 0 aliphatic carbocycles. The summed E-state index contributed by atoms with van der Waals surface area (Å²) in [7, 11) is -3.53. The fraction of sp³-hybridized carbons (Fsp3) is 0.478. The van der Waals surface area contributed by atoms with E-state index in [1.54, 1.807) is 38.4 Å². The summed E-state index contributed by atoms with van der Waals surface area (Å²) in [5, 5.41) is 3.35. The van der Waals surface area contributed by atoms with E-state index in [1.807, 2.05) is 18.2 Å². The number of carbonyl (C=O) groups is 2. The smallest absolute Gasteiger partial charge is 0.322 e. The maximum atomic E-state index is 13.0. The highest BCUT2D eigenvalue weighted by Crippen LogP contribution is 2.30. The fourth-order valence-corrected chi connectivity index (χ4v) is 7.07. The SMILES string of the molecule is O=C(Nc1ccc(S(=O)(=O)N2CCCCCC2)s1)N1CCCN(C(=O)c2ccccc2)CC1. The molecule has 0 bridgehead atoms. The first-order chi connectivity index (χ1) is 15.9. The van der Waals surface area contributed by atoms with Gasteiger partial charge in [-0.05, 0) is 43.5 Å². The topological polar surface area (TPSA) is 90.0 Å². The first kappa shape index (κ1) is 23.7. The van der Waals surface area contributed by atoms with Gasteiger partial charge in [-0.1, -0.05) is 31.0 Å². The van der Waals surface area contributed by atoms with E-state index in [9.17, 15) is 18.0 Å². The van der Waals surface area contributed by atoms with Gasteiger partial charge in [0, 0.05) is 44.8 Å². The molecule has 3 heterocycles. The second kappa shape index (κ2) is 10.7. The minimum Gasteiger partial charge on any atom is -0.337 e. The lowest BCUT2D eigenvalue weighted by molar-refractivity contribution is 0.0762. The fourth-order valence-electron chi connectivity index (χ4n) is 4.21. The molecule has 0 atom stereocenters. The zero-order valence-corrected chi connectivity index (χ0v) is 20.2. The van der Waals surface area contributed by atoms with Gasteiger partial charge in [0.15, 0.2) is 0 Å². The Bertz CT molecular complexity index is 1060. The minimum absolute atomic E-state index is 0.0283. The van der Waals surface area contributed by atoms with Gasteiger partial charge < -0.3 is 9.80 Å². The largest absolute Gasteiger partial charge is 0.337 e. The number of benzene rings is 1. The molecule has 33 heavy (non-hydrogen) atoms. The number of sulfonamides is 1. The molecule has 2 aromatic rings. The van der Waals surface area contributed by atoms with Crippen LogP contribution in [0.25, 0.3) is 0 Å². The first-order valence-corrected chi connectivity index (χ1v) is 13.7. The molecule has 2 aliphatic rings. The van der Waals surface area contributed by atoms with Crippen molar-refractivity contribution in [2.24, 2.45) is 0 Å². The molecular formula is C23H30N4O4S2. The molecule has 1 aromatic heterocycles. The van der Waals surface area contributed by atoms with Crippen molar-refractivity contribution < 1.29 is 18.0 Å². The quantitative estimate of drug-likeness (QED) is 0.708. The highest BCUT2D eigenvalue weighted by Gasteiger charge is 2.28. The molecule has 0 radical (unpaired) electrons. The molecule has 1 N–H and O–H groups in total. The van der Waals surface area contributed by atoms with Crippen molar-refractivity contribution in [1.29, 1.82) is 0 Å². The summed E-state index contributed by atoms with van der Waals surface area (Å²) < 4.78 is 27.8. The predicted octanol–water partition coefficient (Wildman–Crippen LogP) is 3.69. The van der Waals surface area contributed by atoms with Crippen LogP contribution in [0, 0.1) is 0 Å². The van der Waals surface area contributed by atoms with Crippen molar-refractivity contribution in [3.05, 3.63) is 48.0 Å². The highest BCUT2D eigenvalue weighted by molar-refractivity contribution is 7.91. The maximum absolute atomic E-state index is 13.0. The number of amides is 3. The van der Waals surface area contributed by atoms with Gasteiger partial charge in [-0.2, -0.15) is 4.31 Å². The second-order valence-corrected chi connectivity index (χ2v) is 11.6. The Kier molecular flexibility index (Phi) is 7.67. The summed E-state index contributed by atoms with van der Waals surface area (Å²) >= 11 is 1.09. The monoisotopic (exact) mass is 490 g/mol. The van der Waals surface area contributed by atoms with Gasteiger partial charge in [0.05, 0.1) is 5.00 Å². The van der Waals surface area contributed by atoms with Gasteiger partial charge in [0.25, 0.3) is 15.9 Å². The van der Waals surface area contributed by atoms with Crippen molar-refractivity contribution in [3.8, 4) is 0 Å². The van der Waals surface area contributed by atoms with Crippen molar-refractivity contribution in [2.75, 3.05) is 44.6 Å². The number of hydrogen-bond donors (Lipinski definition) is 1. The molecule has 0 saturated carbocycles. The van der Waals surface area contributed by atoms with Crippen LogP contribution < -0.4 is 5.32 Å². The van der Waals surface area contributed by atoms with E-state index in [4.69, 9.17) is 0 Å². The lowest BCUT2D eigenvalue weighted by Gasteiger charge is -2.22. The number of anilines is 1. The lowest BCUT2D eigenvalue weighted by atomic mass is 10.2. The van der Waals surface area contributed by atoms with Gasteiger partial charge in [-0.15, -0.1) is 11.3 Å². The van der Waals surface area contributed by atoms with Crippen molar-refractivity contribution in [2.45, 2.75) is 36.3 Å². The standard InChI is InChI=1S/C23H30N4O4S2/c28-22(19-9-4-3-5-10-19)25-13-8-14-26(18-17-25)23(29)24-20-11-12-21(32-20)33(30,31)27-15-6-1-2-7-16-27/h3-5,9-12H,1-2,6-8,13-18H2,(H,24,29). The average molecular weight is 491 g/mol. The van der Waals surface area contributed by atoms with Crippen molar-refractivity contribution in [3.63, 3.8) is 0 Å². The first-order valence-electron chi connectivity index (χ1n) is 11.5. The molecular weight excluding hydrogens is 460 g/mol. The Hall–Kier alpha value is -2.43. The van der Waals surface area contributed by atoms with Crippen molar-refractivity contribution >= 4 is 38.3 Å². The molecule has 4 rings (SSSR count). The Balaban J connectivity index is 1.35. The molecule has 2 saturated heterocycles. The third kappa shape index (κ3) is 5.74. The molecule has 3 amide bonds. The van der Waals surface area contributed by atoms with Crippen LogP contribution in [-0.4, -0.2) is 73.7 Å². The van der Waals surface area contributed by atoms with Crippen LogP contribution in [-0.2, 0) is 10.0 Å². The van der Waals surface area contributed by atoms with Crippen LogP contribution >= 0.6 is 11.3 Å². The van der Waals surface area contributed by atoms with Gasteiger partial charge >= 0.3 is 6.03 Å². The van der Waals surface area contributed by atoms with E-state index in [2.05, 4.69) is 5.32 Å². The van der Waals surface area contributed by atoms with Crippen LogP contribution in [0.1, 0.15) is 42.5 Å². The minimum atomic E-state index is -3.53. The lowest BCUT2D eigenvalue weighted by Crippen LogP contribution is -2.39. The van der Waals surface area contributed by atoms with E-state index < -0.39 is 10.0 Å². The summed E-state index contributed by atoms with van der Waals surface area (Å²) in [6.45, 7) is 3.11. The Morgan fingerprint density at radius 1 is 0.758 bits per heavy atom. The summed E-state index contributed by atoms with van der Waals surface area (Å²) in [4.78, 5) is 29.0. The number of nitrogens with one attached hydrogen (secondary N) is 1. The van der Waals surface area contributed by atoms with Gasteiger partial charge in [0.2, 0.25) is 0 Å². The number of nitrogens with zero attached hydrogens (tertiary/aromatic N) is 3. The van der Waals surface area contributed by atoms with Gasteiger partial charge in [-0.25, -0.2) is 13.2 Å². The predicted molar refractivity (Wildman–Crippen MR) is 129 cm³/mol. The van der Waals surface area contributed by atoms with E-state index in [0.717, 1.165) is 37.0 Å². The zero-order chi connectivity index (χ0) is 23.3. The van der Waals surface area contributed by atoms with E-state index in [-0.39, 0.29) is 16.1 Å². The van der Waals surface area contributed by atoms with Gasteiger partial charge in [0.1, 0.15) is 4.21 Å². The number of hydrogen-bond acceptors (Lipinski definition) is 5. The highest BCUT2D eigenvalue weighted by atomic mass is 32.2. The summed E-state index contributed by atoms with van der Waals surface area (Å²) in [6, 6.07) is 12.1. The molecule has 0 spiro atoms. The third-order valence-electron chi connectivity index (χ3n) is 6.06. The molecule has 10 heteroatoms. The third-order valence-corrected chi connectivity index (χ3v) is 9.43. The number of thiophene rings is 1. The molecule has 1 aromatic carbocycles. The van der Waals surface area contributed by atoms with Crippen LogP contribution in [0.4, 0.5) is 9.80 Å². The summed E-state index contributed by atoms with van der Waals surface area (Å²) in [5.74, 6) is -0.0283. The van der Waals surface area contributed by atoms with Crippen LogP contribution in [0.15, 0.2) is 46.7 Å². The zero-order valence-electron chi connectivity index (χ0n) is 18.6. The second-order valence-electron chi connectivity index (χ2n) is 8.37. The van der Waals surface area contributed by atoms with Crippen LogP contribution in [0.2, 0.25) is 0 Å².